The van der Waals surface area contributed by atoms with Gasteiger partial charge in [0.25, 0.3) is 0 Å². The number of fused-ring (bicyclic) bond motifs is 2. The highest BCUT2D eigenvalue weighted by molar-refractivity contribution is 4.96. The lowest BCUT2D eigenvalue weighted by molar-refractivity contribution is -0.262. The van der Waals surface area contributed by atoms with Gasteiger partial charge in [-0.2, -0.15) is 0 Å². The molecule has 5 heteroatoms. The van der Waals surface area contributed by atoms with Crippen LogP contribution in [-0.4, -0.2) is 57.1 Å². The van der Waals surface area contributed by atoms with Gasteiger partial charge >= 0.3 is 0 Å². The second-order valence-corrected chi connectivity index (χ2v) is 6.44. The Morgan fingerprint density at radius 1 is 0.739 bits per heavy atom. The first-order chi connectivity index (χ1) is 11.3. The fourth-order valence-corrected chi connectivity index (χ4v) is 2.99. The molecule has 5 atom stereocenters. The highest BCUT2D eigenvalue weighted by Gasteiger charge is 2.52. The summed E-state index contributed by atoms with van der Waals surface area (Å²) in [6.45, 7) is 9.26. The summed E-state index contributed by atoms with van der Waals surface area (Å²) >= 11 is 0. The maximum atomic E-state index is 6.18. The molecule has 0 unspecified atom stereocenters. The van der Waals surface area contributed by atoms with Gasteiger partial charge < -0.3 is 23.7 Å². The van der Waals surface area contributed by atoms with E-state index in [0.29, 0.717) is 13.2 Å². The lowest BCUT2D eigenvalue weighted by Crippen LogP contribution is -2.57. The Hall–Kier alpha value is -0.200. The van der Waals surface area contributed by atoms with E-state index < -0.39 is 0 Å². The average Bonchev–Trinajstić information content (AvgIpc) is 2.99. The lowest BCUT2D eigenvalue weighted by atomic mass is 10.00. The van der Waals surface area contributed by atoms with Gasteiger partial charge in [-0.1, -0.05) is 40.0 Å². The Labute approximate surface area is 140 Å². The summed E-state index contributed by atoms with van der Waals surface area (Å²) in [7, 11) is 0. The maximum absolute atomic E-state index is 6.18. The zero-order valence-corrected chi connectivity index (χ0v) is 15.0. The van der Waals surface area contributed by atoms with Gasteiger partial charge in [0.05, 0.1) is 6.61 Å². The molecule has 0 saturated carbocycles. The van der Waals surface area contributed by atoms with E-state index in [1.807, 2.05) is 0 Å². The Morgan fingerprint density at radius 2 is 1.26 bits per heavy atom. The second kappa shape index (κ2) is 10.6. The van der Waals surface area contributed by atoms with Gasteiger partial charge in [0.15, 0.2) is 6.29 Å². The minimum atomic E-state index is -0.311. The molecule has 2 rings (SSSR count). The first-order valence-corrected chi connectivity index (χ1v) is 9.43. The van der Waals surface area contributed by atoms with E-state index in [2.05, 4.69) is 20.8 Å². The monoisotopic (exact) mass is 330 g/mol. The molecule has 0 aromatic carbocycles. The smallest absolute Gasteiger partial charge is 0.187 e. The van der Waals surface area contributed by atoms with Gasteiger partial charge in [0.2, 0.25) is 0 Å². The average molecular weight is 330 g/mol. The number of hydrogen-bond donors (Lipinski definition) is 0. The van der Waals surface area contributed by atoms with Gasteiger partial charge in [0, 0.05) is 19.8 Å². The largest absolute Gasteiger partial charge is 0.373 e. The molecule has 2 aliphatic rings. The molecule has 2 bridgehead atoms. The lowest BCUT2D eigenvalue weighted by Gasteiger charge is -2.40. The molecule has 0 spiro atoms. The molecule has 23 heavy (non-hydrogen) atoms. The number of unbranched alkanes of at least 4 members (excludes halogenated alkanes) is 3. The first kappa shape index (κ1) is 19.1. The van der Waals surface area contributed by atoms with Crippen molar-refractivity contribution in [1.29, 1.82) is 0 Å². The molecule has 0 radical (unpaired) electrons. The van der Waals surface area contributed by atoms with Crippen molar-refractivity contribution in [3.8, 4) is 0 Å². The summed E-state index contributed by atoms with van der Waals surface area (Å²) in [6.07, 6.45) is 5.77. The Balaban J connectivity index is 1.99. The predicted molar refractivity (Wildman–Crippen MR) is 88.6 cm³/mol. The number of hydrogen-bond acceptors (Lipinski definition) is 5. The second-order valence-electron chi connectivity index (χ2n) is 6.44. The third kappa shape index (κ3) is 5.40. The fraction of sp³-hybridized carbons (Fsp3) is 1.00. The summed E-state index contributed by atoms with van der Waals surface area (Å²) < 4.78 is 30.1. The molecule has 2 heterocycles. The van der Waals surface area contributed by atoms with E-state index in [-0.39, 0.29) is 30.7 Å². The van der Waals surface area contributed by atoms with Gasteiger partial charge in [-0.25, -0.2) is 0 Å². The van der Waals surface area contributed by atoms with Gasteiger partial charge in [-0.15, -0.1) is 0 Å². The van der Waals surface area contributed by atoms with Crippen LogP contribution < -0.4 is 0 Å². The van der Waals surface area contributed by atoms with E-state index in [0.717, 1.165) is 51.7 Å². The van der Waals surface area contributed by atoms with Crippen molar-refractivity contribution >= 4 is 0 Å². The van der Waals surface area contributed by atoms with E-state index in [1.54, 1.807) is 0 Å². The molecular formula is C18H34O5. The van der Waals surface area contributed by atoms with Crippen LogP contribution in [0.1, 0.15) is 59.3 Å². The molecule has 0 N–H and O–H groups in total. The maximum Gasteiger partial charge on any atom is 0.187 e. The van der Waals surface area contributed by atoms with Crippen molar-refractivity contribution in [2.24, 2.45) is 0 Å². The van der Waals surface area contributed by atoms with Gasteiger partial charge in [0.1, 0.15) is 24.4 Å². The molecule has 0 aromatic rings. The summed E-state index contributed by atoms with van der Waals surface area (Å²) in [5.74, 6) is 0. The van der Waals surface area contributed by atoms with Crippen LogP contribution in [0.5, 0.6) is 0 Å². The topological polar surface area (TPSA) is 46.2 Å². The Bertz CT molecular complexity index is 288. The zero-order chi connectivity index (χ0) is 16.5. The fourth-order valence-electron chi connectivity index (χ4n) is 2.99. The molecule has 0 aliphatic carbocycles. The number of ether oxygens (including phenoxy) is 5. The predicted octanol–water partition coefficient (Wildman–Crippen LogP) is 3.30. The minimum Gasteiger partial charge on any atom is -0.373 e. The SMILES string of the molecule is CCCCO[C@@H]1[C@@H](OCCCC)[C@@H]2OC[C@@H](O2)[C@H]1OCCCC. The van der Waals surface area contributed by atoms with E-state index >= 15 is 0 Å². The molecule has 2 aliphatic heterocycles. The van der Waals surface area contributed by atoms with E-state index in [1.165, 1.54) is 0 Å². The third-order valence-electron chi connectivity index (χ3n) is 4.44. The van der Waals surface area contributed by atoms with Crippen LogP contribution >= 0.6 is 0 Å². The molecule has 2 fully saturated rings. The molecule has 5 nitrogen and oxygen atoms in total. The van der Waals surface area contributed by atoms with Crippen molar-refractivity contribution < 1.29 is 23.7 Å². The number of rotatable bonds is 12. The van der Waals surface area contributed by atoms with E-state index in [9.17, 15) is 0 Å². The van der Waals surface area contributed by atoms with Crippen molar-refractivity contribution in [3.63, 3.8) is 0 Å². The Morgan fingerprint density at radius 3 is 1.83 bits per heavy atom. The first-order valence-electron chi connectivity index (χ1n) is 9.43. The quantitative estimate of drug-likeness (QED) is 0.514. The summed E-state index contributed by atoms with van der Waals surface area (Å²) in [4.78, 5) is 0. The van der Waals surface area contributed by atoms with Crippen LogP contribution in [0.25, 0.3) is 0 Å². The van der Waals surface area contributed by atoms with Crippen molar-refractivity contribution in [2.75, 3.05) is 26.4 Å². The molecular weight excluding hydrogens is 296 g/mol. The standard InChI is InChI=1S/C18H34O5/c1-4-7-10-19-15-14-13-22-18(23-14)17(21-12-9-6-3)16(15)20-11-8-5-2/h14-18H,4-13H2,1-3H3/t14-,15-,16+,17-,18-/m1/s1. The minimum absolute atomic E-state index is 0.0329. The summed E-state index contributed by atoms with van der Waals surface area (Å²) in [5.41, 5.74) is 0. The molecule has 2 saturated heterocycles. The summed E-state index contributed by atoms with van der Waals surface area (Å²) in [6, 6.07) is 0. The summed E-state index contributed by atoms with van der Waals surface area (Å²) in [5, 5.41) is 0. The highest BCUT2D eigenvalue weighted by atomic mass is 16.8. The van der Waals surface area contributed by atoms with Gasteiger partial charge in [-0.05, 0) is 19.3 Å². The van der Waals surface area contributed by atoms with Crippen LogP contribution in [0, 0.1) is 0 Å². The van der Waals surface area contributed by atoms with Crippen LogP contribution in [0.4, 0.5) is 0 Å². The molecule has 0 amide bonds. The molecule has 0 aromatic heterocycles. The van der Waals surface area contributed by atoms with Crippen LogP contribution in [0.3, 0.4) is 0 Å². The normalized spacial score (nSPS) is 33.3. The third-order valence-corrected chi connectivity index (χ3v) is 4.44. The van der Waals surface area contributed by atoms with Crippen LogP contribution in [0.2, 0.25) is 0 Å². The van der Waals surface area contributed by atoms with Crippen LogP contribution in [-0.2, 0) is 23.7 Å². The molecule has 136 valence electrons. The highest BCUT2D eigenvalue weighted by Crippen LogP contribution is 2.34. The van der Waals surface area contributed by atoms with Crippen LogP contribution in [0.15, 0.2) is 0 Å². The van der Waals surface area contributed by atoms with E-state index in [4.69, 9.17) is 23.7 Å². The van der Waals surface area contributed by atoms with Gasteiger partial charge in [-0.3, -0.25) is 0 Å². The van der Waals surface area contributed by atoms with Crippen molar-refractivity contribution in [1.82, 2.24) is 0 Å². The zero-order valence-electron chi connectivity index (χ0n) is 15.0. The van der Waals surface area contributed by atoms with Crippen molar-refractivity contribution in [3.05, 3.63) is 0 Å². The van der Waals surface area contributed by atoms with Crippen molar-refractivity contribution in [2.45, 2.75) is 90.0 Å². The Kier molecular flexibility index (Phi) is 8.83.